The maximum Gasteiger partial charge on any atom is 0.230 e. The van der Waals surface area contributed by atoms with E-state index in [4.69, 9.17) is 0 Å². The second-order valence-electron chi connectivity index (χ2n) is 5.78. The third kappa shape index (κ3) is 5.59. The van der Waals surface area contributed by atoms with Crippen LogP contribution in [0.4, 0.5) is 0 Å². The van der Waals surface area contributed by atoms with E-state index in [1.54, 1.807) is 23.5 Å². The van der Waals surface area contributed by atoms with Crippen molar-refractivity contribution in [2.45, 2.75) is 49.3 Å². The van der Waals surface area contributed by atoms with Gasteiger partial charge in [0.1, 0.15) is 0 Å². The predicted molar refractivity (Wildman–Crippen MR) is 93.9 cm³/mol. The van der Waals surface area contributed by atoms with Crippen molar-refractivity contribution in [2.75, 3.05) is 12.0 Å². The molecule has 1 aliphatic carbocycles. The third-order valence-corrected chi connectivity index (χ3v) is 5.87. The molecular formula is C17H25NOS2. The average molecular weight is 324 g/mol. The first-order chi connectivity index (χ1) is 10.2. The van der Waals surface area contributed by atoms with Crippen LogP contribution >= 0.6 is 23.5 Å². The van der Waals surface area contributed by atoms with E-state index in [9.17, 15) is 4.79 Å². The Labute approximate surface area is 136 Å². The molecule has 0 aromatic heterocycles. The molecule has 1 aliphatic rings. The van der Waals surface area contributed by atoms with Gasteiger partial charge in [0.25, 0.3) is 0 Å². The van der Waals surface area contributed by atoms with E-state index in [-0.39, 0.29) is 5.91 Å². The molecule has 116 valence electrons. The molecule has 1 N–H and O–H groups in total. The highest BCUT2D eigenvalue weighted by atomic mass is 32.2. The number of hydrogen-bond acceptors (Lipinski definition) is 3. The Kier molecular flexibility index (Phi) is 6.97. The normalized spacial score (nSPS) is 22.0. The summed E-state index contributed by atoms with van der Waals surface area (Å²) in [6.45, 7) is 2.25. The topological polar surface area (TPSA) is 29.1 Å². The van der Waals surface area contributed by atoms with E-state index < -0.39 is 0 Å². The maximum atomic E-state index is 12.0. The number of carbonyl (C=O) groups excluding carboxylic acids is 1. The lowest BCUT2D eigenvalue weighted by Gasteiger charge is -2.29. The van der Waals surface area contributed by atoms with Crippen LogP contribution < -0.4 is 5.32 Å². The zero-order valence-electron chi connectivity index (χ0n) is 12.9. The van der Waals surface area contributed by atoms with Crippen molar-refractivity contribution in [2.24, 2.45) is 5.92 Å². The van der Waals surface area contributed by atoms with Gasteiger partial charge in [-0.3, -0.25) is 4.79 Å². The second-order valence-corrected chi connectivity index (χ2v) is 7.64. The van der Waals surface area contributed by atoms with E-state index in [0.29, 0.717) is 17.7 Å². The van der Waals surface area contributed by atoms with Gasteiger partial charge in [0, 0.05) is 16.7 Å². The molecule has 1 aromatic carbocycles. The number of rotatable bonds is 6. The summed E-state index contributed by atoms with van der Waals surface area (Å²) in [5.41, 5.74) is 1.29. The van der Waals surface area contributed by atoms with Gasteiger partial charge in [-0.15, -0.1) is 23.5 Å². The van der Waals surface area contributed by atoms with E-state index in [1.165, 1.54) is 29.7 Å². The van der Waals surface area contributed by atoms with Crippen molar-refractivity contribution in [3.63, 3.8) is 0 Å². The largest absolute Gasteiger partial charge is 0.352 e. The molecule has 1 saturated carbocycles. The Hall–Kier alpha value is -0.610. The summed E-state index contributed by atoms with van der Waals surface area (Å²) in [5.74, 6) is 2.29. The van der Waals surface area contributed by atoms with Gasteiger partial charge in [-0.25, -0.2) is 0 Å². The van der Waals surface area contributed by atoms with E-state index in [1.807, 2.05) is 0 Å². The maximum absolute atomic E-state index is 12.0. The van der Waals surface area contributed by atoms with Crippen molar-refractivity contribution in [3.05, 3.63) is 29.8 Å². The SMILES string of the molecule is CSc1ccc(CSCC(=O)NC2CCCCC2C)cc1. The summed E-state index contributed by atoms with van der Waals surface area (Å²) in [6.07, 6.45) is 7.05. The quantitative estimate of drug-likeness (QED) is 0.790. The molecule has 0 spiro atoms. The van der Waals surface area contributed by atoms with E-state index in [2.05, 4.69) is 42.8 Å². The number of hydrogen-bond donors (Lipinski definition) is 1. The molecule has 2 atom stereocenters. The Morgan fingerprint density at radius 2 is 1.95 bits per heavy atom. The molecule has 2 rings (SSSR count). The first kappa shape index (κ1) is 16.8. The summed E-state index contributed by atoms with van der Waals surface area (Å²) >= 11 is 3.45. The lowest BCUT2D eigenvalue weighted by Crippen LogP contribution is -2.41. The van der Waals surface area contributed by atoms with Crippen LogP contribution in [0.5, 0.6) is 0 Å². The molecule has 0 radical (unpaired) electrons. The van der Waals surface area contributed by atoms with Crippen LogP contribution in [0.2, 0.25) is 0 Å². The van der Waals surface area contributed by atoms with Crippen molar-refractivity contribution in [1.82, 2.24) is 5.32 Å². The highest BCUT2D eigenvalue weighted by molar-refractivity contribution is 7.99. The van der Waals surface area contributed by atoms with Crippen molar-refractivity contribution in [1.29, 1.82) is 0 Å². The molecule has 1 fully saturated rings. The van der Waals surface area contributed by atoms with Crippen molar-refractivity contribution >= 4 is 29.4 Å². The number of nitrogens with one attached hydrogen (secondary N) is 1. The van der Waals surface area contributed by atoms with Crippen molar-refractivity contribution < 1.29 is 4.79 Å². The second kappa shape index (κ2) is 8.74. The molecule has 0 bridgehead atoms. The molecule has 1 aromatic rings. The fourth-order valence-electron chi connectivity index (χ4n) is 2.76. The monoisotopic (exact) mass is 323 g/mol. The van der Waals surface area contributed by atoms with Crippen LogP contribution in [0.25, 0.3) is 0 Å². The highest BCUT2D eigenvalue weighted by Crippen LogP contribution is 2.24. The Bertz CT molecular complexity index is 447. The van der Waals surface area contributed by atoms with Crippen LogP contribution in [0.15, 0.2) is 29.2 Å². The molecule has 2 nitrogen and oxygen atoms in total. The molecule has 0 saturated heterocycles. The first-order valence-corrected chi connectivity index (χ1v) is 10.1. The fraction of sp³-hybridized carbons (Fsp3) is 0.588. The standard InChI is InChI=1S/C17H25NOS2/c1-13-5-3-4-6-16(13)18-17(19)12-21-11-14-7-9-15(20-2)10-8-14/h7-10,13,16H,3-6,11-12H2,1-2H3,(H,18,19). The lowest BCUT2D eigenvalue weighted by molar-refractivity contribution is -0.119. The summed E-state index contributed by atoms with van der Waals surface area (Å²) in [4.78, 5) is 13.3. The predicted octanol–water partition coefficient (Wildman–Crippen LogP) is 4.34. The molecule has 0 aliphatic heterocycles. The Morgan fingerprint density at radius 3 is 2.62 bits per heavy atom. The third-order valence-electron chi connectivity index (χ3n) is 4.12. The van der Waals surface area contributed by atoms with Crippen LogP contribution in [0.1, 0.15) is 38.2 Å². The van der Waals surface area contributed by atoms with Gasteiger partial charge in [0.15, 0.2) is 0 Å². The number of thioether (sulfide) groups is 2. The zero-order chi connectivity index (χ0) is 15.1. The van der Waals surface area contributed by atoms with Gasteiger partial charge >= 0.3 is 0 Å². The van der Waals surface area contributed by atoms with Gasteiger partial charge in [-0.2, -0.15) is 0 Å². The van der Waals surface area contributed by atoms with Gasteiger partial charge in [-0.05, 0) is 42.7 Å². The lowest BCUT2D eigenvalue weighted by atomic mass is 9.86. The zero-order valence-corrected chi connectivity index (χ0v) is 14.6. The van der Waals surface area contributed by atoms with Gasteiger partial charge in [0.2, 0.25) is 5.91 Å². The first-order valence-electron chi connectivity index (χ1n) is 7.69. The summed E-state index contributed by atoms with van der Waals surface area (Å²) in [6, 6.07) is 8.99. The Balaban J connectivity index is 1.68. The minimum atomic E-state index is 0.194. The van der Waals surface area contributed by atoms with Gasteiger partial charge < -0.3 is 5.32 Å². The molecule has 0 heterocycles. The van der Waals surface area contributed by atoms with Crippen LogP contribution in [-0.2, 0) is 10.5 Å². The van der Waals surface area contributed by atoms with Gasteiger partial charge in [0.05, 0.1) is 5.75 Å². The van der Waals surface area contributed by atoms with E-state index >= 15 is 0 Å². The fourth-order valence-corrected chi connectivity index (χ4v) is 3.97. The molecular weight excluding hydrogens is 298 g/mol. The summed E-state index contributed by atoms with van der Waals surface area (Å²) < 4.78 is 0. The number of carbonyl (C=O) groups is 1. The molecule has 1 amide bonds. The summed E-state index contributed by atoms with van der Waals surface area (Å²) in [5, 5.41) is 3.21. The summed E-state index contributed by atoms with van der Waals surface area (Å²) in [7, 11) is 0. The smallest absolute Gasteiger partial charge is 0.230 e. The number of benzene rings is 1. The molecule has 21 heavy (non-hydrogen) atoms. The average Bonchev–Trinajstić information content (AvgIpc) is 2.50. The van der Waals surface area contributed by atoms with E-state index in [0.717, 1.165) is 12.2 Å². The van der Waals surface area contributed by atoms with Crippen LogP contribution in [0, 0.1) is 5.92 Å². The molecule has 2 unspecified atom stereocenters. The van der Waals surface area contributed by atoms with Crippen LogP contribution in [-0.4, -0.2) is 24.0 Å². The number of amides is 1. The highest BCUT2D eigenvalue weighted by Gasteiger charge is 2.22. The van der Waals surface area contributed by atoms with Gasteiger partial charge in [-0.1, -0.05) is 31.9 Å². The minimum Gasteiger partial charge on any atom is -0.352 e. The Morgan fingerprint density at radius 1 is 1.24 bits per heavy atom. The van der Waals surface area contributed by atoms with Crippen LogP contribution in [0.3, 0.4) is 0 Å². The minimum absolute atomic E-state index is 0.194. The molecule has 4 heteroatoms. The van der Waals surface area contributed by atoms with Crippen molar-refractivity contribution in [3.8, 4) is 0 Å².